The average molecular weight is 301 g/mol. The third-order valence-electron chi connectivity index (χ3n) is 3.06. The Morgan fingerprint density at radius 2 is 1.82 bits per heavy atom. The molecule has 2 aromatic carbocycles. The lowest BCUT2D eigenvalue weighted by Gasteiger charge is -2.09. The number of nitro benzene ring substituents is 1. The molecule has 0 aromatic heterocycles. The number of nitro groups is 1. The van der Waals surface area contributed by atoms with Gasteiger partial charge < -0.3 is 9.84 Å². The summed E-state index contributed by atoms with van der Waals surface area (Å²) in [7, 11) is 1.18. The van der Waals surface area contributed by atoms with Gasteiger partial charge in [0.05, 0.1) is 28.7 Å². The van der Waals surface area contributed by atoms with Crippen molar-refractivity contribution in [3.8, 4) is 11.1 Å². The van der Waals surface area contributed by atoms with E-state index in [9.17, 15) is 19.7 Å². The maximum absolute atomic E-state index is 11.8. The molecule has 0 fully saturated rings. The number of esters is 1. The van der Waals surface area contributed by atoms with Gasteiger partial charge in [-0.05, 0) is 24.3 Å². The summed E-state index contributed by atoms with van der Waals surface area (Å²) in [5, 5.41) is 20.2. The van der Waals surface area contributed by atoms with Crippen LogP contribution in [0, 0.1) is 10.1 Å². The molecular weight excluding hydrogens is 290 g/mol. The van der Waals surface area contributed by atoms with Crippen LogP contribution < -0.4 is 0 Å². The number of carboxylic acids is 1. The highest BCUT2D eigenvalue weighted by atomic mass is 16.6. The molecule has 2 aromatic rings. The second-order valence-corrected chi connectivity index (χ2v) is 4.33. The van der Waals surface area contributed by atoms with E-state index in [0.29, 0.717) is 0 Å². The molecule has 2 rings (SSSR count). The molecule has 22 heavy (non-hydrogen) atoms. The summed E-state index contributed by atoms with van der Waals surface area (Å²) in [6.07, 6.45) is 0. The number of benzene rings is 2. The molecule has 0 amide bonds. The Morgan fingerprint density at radius 1 is 1.14 bits per heavy atom. The molecular formula is C15H11NO6. The van der Waals surface area contributed by atoms with Crippen molar-refractivity contribution < 1.29 is 24.4 Å². The zero-order valence-corrected chi connectivity index (χ0v) is 11.5. The second kappa shape index (κ2) is 6.04. The van der Waals surface area contributed by atoms with E-state index >= 15 is 0 Å². The van der Waals surface area contributed by atoms with E-state index in [1.165, 1.54) is 43.5 Å². The molecule has 0 atom stereocenters. The number of hydrogen-bond acceptors (Lipinski definition) is 5. The van der Waals surface area contributed by atoms with Gasteiger partial charge in [0.25, 0.3) is 5.69 Å². The monoisotopic (exact) mass is 301 g/mol. The van der Waals surface area contributed by atoms with Crippen LogP contribution in [0.15, 0.2) is 42.5 Å². The van der Waals surface area contributed by atoms with E-state index < -0.39 is 16.9 Å². The Bertz CT molecular complexity index is 768. The predicted octanol–water partition coefficient (Wildman–Crippen LogP) is 2.75. The molecule has 0 bridgehead atoms. The zero-order valence-electron chi connectivity index (χ0n) is 11.5. The lowest BCUT2D eigenvalue weighted by Crippen LogP contribution is -2.06. The summed E-state index contributed by atoms with van der Waals surface area (Å²) in [5.74, 6) is -1.90. The van der Waals surface area contributed by atoms with Crippen molar-refractivity contribution in [2.75, 3.05) is 7.11 Å². The van der Waals surface area contributed by atoms with E-state index in [4.69, 9.17) is 5.11 Å². The molecule has 0 spiro atoms. The first kappa shape index (κ1) is 15.2. The van der Waals surface area contributed by atoms with Gasteiger partial charge in [-0.25, -0.2) is 9.59 Å². The third kappa shape index (κ3) is 2.78. The lowest BCUT2D eigenvalue weighted by atomic mass is 9.96. The minimum Gasteiger partial charge on any atom is -0.478 e. The van der Waals surface area contributed by atoms with Gasteiger partial charge in [0.15, 0.2) is 0 Å². The van der Waals surface area contributed by atoms with Gasteiger partial charge in [-0.15, -0.1) is 0 Å². The Balaban J connectivity index is 2.77. The van der Waals surface area contributed by atoms with Crippen LogP contribution in [0.2, 0.25) is 0 Å². The highest BCUT2D eigenvalue weighted by Gasteiger charge is 2.22. The summed E-state index contributed by atoms with van der Waals surface area (Å²) in [6.45, 7) is 0. The van der Waals surface area contributed by atoms with Crippen molar-refractivity contribution in [2.45, 2.75) is 0 Å². The number of ether oxygens (including phenoxy) is 1. The smallest absolute Gasteiger partial charge is 0.338 e. The summed E-state index contributed by atoms with van der Waals surface area (Å²) >= 11 is 0. The second-order valence-electron chi connectivity index (χ2n) is 4.33. The summed E-state index contributed by atoms with van der Waals surface area (Å²) in [4.78, 5) is 33.5. The van der Waals surface area contributed by atoms with Crippen LogP contribution in [-0.2, 0) is 4.74 Å². The van der Waals surface area contributed by atoms with Crippen molar-refractivity contribution in [1.29, 1.82) is 0 Å². The van der Waals surface area contributed by atoms with Crippen LogP contribution in [0.4, 0.5) is 5.69 Å². The number of methoxy groups -OCH3 is 1. The first-order chi connectivity index (χ1) is 10.5. The fraction of sp³-hybridized carbons (Fsp3) is 0.0667. The lowest BCUT2D eigenvalue weighted by molar-refractivity contribution is -0.384. The fourth-order valence-corrected chi connectivity index (χ4v) is 2.05. The number of rotatable bonds is 4. The van der Waals surface area contributed by atoms with Crippen molar-refractivity contribution in [2.24, 2.45) is 0 Å². The van der Waals surface area contributed by atoms with Crippen LogP contribution in [0.5, 0.6) is 0 Å². The van der Waals surface area contributed by atoms with Crippen LogP contribution >= 0.6 is 0 Å². The summed E-state index contributed by atoms with van der Waals surface area (Å²) in [5.41, 5.74) is 0.0350. The first-order valence-electron chi connectivity index (χ1n) is 6.15. The number of carbonyl (C=O) groups is 2. The van der Waals surface area contributed by atoms with Gasteiger partial charge in [-0.2, -0.15) is 0 Å². The van der Waals surface area contributed by atoms with Crippen LogP contribution in [0.3, 0.4) is 0 Å². The maximum Gasteiger partial charge on any atom is 0.338 e. The number of carboxylic acid groups (broad SMARTS) is 1. The number of hydrogen-bond donors (Lipinski definition) is 1. The molecule has 7 heteroatoms. The van der Waals surface area contributed by atoms with Crippen molar-refractivity contribution in [3.05, 3.63) is 63.7 Å². The maximum atomic E-state index is 11.8. The van der Waals surface area contributed by atoms with Crippen molar-refractivity contribution >= 4 is 17.6 Å². The molecule has 0 aliphatic heterocycles. The Labute approximate surface area is 124 Å². The van der Waals surface area contributed by atoms with Crippen molar-refractivity contribution in [1.82, 2.24) is 0 Å². The van der Waals surface area contributed by atoms with Gasteiger partial charge in [0, 0.05) is 11.6 Å². The zero-order chi connectivity index (χ0) is 16.3. The largest absolute Gasteiger partial charge is 0.478 e. The number of para-hydroxylation sites is 1. The third-order valence-corrected chi connectivity index (χ3v) is 3.06. The van der Waals surface area contributed by atoms with Gasteiger partial charge in [-0.3, -0.25) is 10.1 Å². The SMILES string of the molecule is COC(=O)c1ccc(C(=O)O)cc1-c1ccccc1[N+](=O)[O-]. The average Bonchev–Trinajstić information content (AvgIpc) is 2.53. The van der Waals surface area contributed by atoms with Crippen LogP contribution in [-0.4, -0.2) is 29.1 Å². The molecule has 0 aliphatic carbocycles. The summed E-state index contributed by atoms with van der Waals surface area (Å²) in [6, 6.07) is 9.53. The normalized spacial score (nSPS) is 10.0. The van der Waals surface area contributed by atoms with Gasteiger partial charge in [0.2, 0.25) is 0 Å². The Kier molecular flexibility index (Phi) is 4.17. The van der Waals surface area contributed by atoms with E-state index in [1.807, 2.05) is 0 Å². The molecule has 0 radical (unpaired) electrons. The molecule has 0 aliphatic rings. The summed E-state index contributed by atoms with van der Waals surface area (Å²) < 4.78 is 4.64. The number of nitrogens with zero attached hydrogens (tertiary/aromatic N) is 1. The van der Waals surface area contributed by atoms with Gasteiger partial charge in [0.1, 0.15) is 0 Å². The predicted molar refractivity (Wildman–Crippen MR) is 76.8 cm³/mol. The molecule has 112 valence electrons. The first-order valence-corrected chi connectivity index (χ1v) is 6.15. The molecule has 0 unspecified atom stereocenters. The van der Waals surface area contributed by atoms with E-state index in [1.54, 1.807) is 6.07 Å². The molecule has 0 heterocycles. The molecule has 0 saturated heterocycles. The van der Waals surface area contributed by atoms with Crippen LogP contribution in [0.25, 0.3) is 11.1 Å². The van der Waals surface area contributed by atoms with E-state index in [0.717, 1.165) is 0 Å². The number of carbonyl (C=O) groups excluding carboxylic acids is 1. The Morgan fingerprint density at radius 3 is 2.41 bits per heavy atom. The topological polar surface area (TPSA) is 107 Å². The minimum atomic E-state index is -1.20. The number of aromatic carboxylic acids is 1. The van der Waals surface area contributed by atoms with Gasteiger partial charge >= 0.3 is 11.9 Å². The van der Waals surface area contributed by atoms with Crippen molar-refractivity contribution in [3.63, 3.8) is 0 Å². The highest BCUT2D eigenvalue weighted by Crippen LogP contribution is 2.33. The van der Waals surface area contributed by atoms with Crippen LogP contribution in [0.1, 0.15) is 20.7 Å². The molecule has 0 saturated carbocycles. The minimum absolute atomic E-state index is 0.0572. The van der Waals surface area contributed by atoms with E-state index in [-0.39, 0.29) is 27.9 Å². The fourth-order valence-electron chi connectivity index (χ4n) is 2.05. The standard InChI is InChI=1S/C15H11NO6/c1-22-15(19)11-7-6-9(14(17)18)8-12(11)10-4-2-3-5-13(10)16(20)21/h2-8H,1H3,(H,17,18). The quantitative estimate of drug-likeness (QED) is 0.528. The molecule has 1 N–H and O–H groups in total. The highest BCUT2D eigenvalue weighted by molar-refractivity contribution is 6.01. The molecule has 7 nitrogen and oxygen atoms in total. The van der Waals surface area contributed by atoms with Gasteiger partial charge in [-0.1, -0.05) is 12.1 Å². The Hall–Kier alpha value is -3.22. The van der Waals surface area contributed by atoms with E-state index in [2.05, 4.69) is 4.74 Å².